The molecule has 1 aliphatic rings. The van der Waals surface area contributed by atoms with E-state index in [1.807, 2.05) is 29.2 Å². The molecule has 0 radical (unpaired) electrons. The summed E-state index contributed by atoms with van der Waals surface area (Å²) in [5, 5.41) is 0. The highest BCUT2D eigenvalue weighted by atomic mass is 32.1. The summed E-state index contributed by atoms with van der Waals surface area (Å²) in [6.07, 6.45) is 3.28. The van der Waals surface area contributed by atoms with E-state index in [-0.39, 0.29) is 5.91 Å². The number of likely N-dealkylation sites (tertiary alicyclic amines) is 1. The van der Waals surface area contributed by atoms with Gasteiger partial charge in [-0.1, -0.05) is 13.0 Å². The summed E-state index contributed by atoms with van der Waals surface area (Å²) in [4.78, 5) is 15.4. The maximum absolute atomic E-state index is 12.5. The average Bonchev–Trinajstić information content (AvgIpc) is 2.69. The number of amides is 1. The molecular formula is C14H19NOS. The number of hydrogen-bond donors (Lipinski definition) is 1. The van der Waals surface area contributed by atoms with Gasteiger partial charge in [0.05, 0.1) is 0 Å². The summed E-state index contributed by atoms with van der Waals surface area (Å²) in [6, 6.07) is 8.27. The number of rotatable bonds is 2. The first-order valence-electron chi connectivity index (χ1n) is 6.25. The number of carbonyl (C=O) groups excluding carboxylic acids is 1. The van der Waals surface area contributed by atoms with Crippen molar-refractivity contribution in [3.63, 3.8) is 0 Å². The number of hydrogen-bond acceptors (Lipinski definition) is 2. The van der Waals surface area contributed by atoms with Crippen molar-refractivity contribution in [3.8, 4) is 0 Å². The third-order valence-corrected chi connectivity index (χ3v) is 3.86. The van der Waals surface area contributed by atoms with E-state index in [9.17, 15) is 4.79 Å². The molecule has 0 bridgehead atoms. The lowest BCUT2D eigenvalue weighted by Gasteiger charge is -2.28. The van der Waals surface area contributed by atoms with Gasteiger partial charge < -0.3 is 4.90 Å². The molecule has 1 saturated heterocycles. The van der Waals surface area contributed by atoms with Crippen LogP contribution < -0.4 is 0 Å². The van der Waals surface area contributed by atoms with Crippen molar-refractivity contribution in [2.75, 3.05) is 0 Å². The second-order valence-electron chi connectivity index (χ2n) is 4.75. The van der Waals surface area contributed by atoms with Crippen molar-refractivity contribution in [3.05, 3.63) is 29.8 Å². The molecule has 1 heterocycles. The summed E-state index contributed by atoms with van der Waals surface area (Å²) in [5.74, 6) is 0.151. The Bertz CT molecular complexity index is 418. The van der Waals surface area contributed by atoms with Crippen LogP contribution in [0.2, 0.25) is 0 Å². The molecule has 2 nitrogen and oxygen atoms in total. The molecule has 2 unspecified atom stereocenters. The fourth-order valence-electron chi connectivity index (χ4n) is 2.63. The predicted molar refractivity (Wildman–Crippen MR) is 72.6 cm³/mol. The van der Waals surface area contributed by atoms with E-state index in [0.29, 0.717) is 12.1 Å². The van der Waals surface area contributed by atoms with Crippen LogP contribution in [-0.2, 0) is 0 Å². The van der Waals surface area contributed by atoms with Gasteiger partial charge in [-0.2, -0.15) is 0 Å². The third kappa shape index (κ3) is 2.49. The molecular weight excluding hydrogens is 230 g/mol. The van der Waals surface area contributed by atoms with Crippen molar-refractivity contribution >= 4 is 18.5 Å². The smallest absolute Gasteiger partial charge is 0.254 e. The lowest BCUT2D eigenvalue weighted by Crippen LogP contribution is -2.39. The first kappa shape index (κ1) is 12.5. The molecule has 17 heavy (non-hydrogen) atoms. The SMILES string of the molecule is CCC1CCC(C)N1C(=O)c1cccc(S)c1. The second-order valence-corrected chi connectivity index (χ2v) is 5.27. The van der Waals surface area contributed by atoms with Gasteiger partial charge in [-0.15, -0.1) is 12.6 Å². The van der Waals surface area contributed by atoms with Gasteiger partial charge in [-0.25, -0.2) is 0 Å². The van der Waals surface area contributed by atoms with Gasteiger partial charge in [0.1, 0.15) is 0 Å². The van der Waals surface area contributed by atoms with Crippen LogP contribution in [0.1, 0.15) is 43.5 Å². The first-order chi connectivity index (χ1) is 8.13. The van der Waals surface area contributed by atoms with Gasteiger partial charge in [-0.3, -0.25) is 4.79 Å². The van der Waals surface area contributed by atoms with Gasteiger partial charge >= 0.3 is 0 Å². The quantitative estimate of drug-likeness (QED) is 0.797. The Morgan fingerprint density at radius 2 is 2.24 bits per heavy atom. The number of benzene rings is 1. The van der Waals surface area contributed by atoms with E-state index in [4.69, 9.17) is 0 Å². The fraction of sp³-hybridized carbons (Fsp3) is 0.500. The topological polar surface area (TPSA) is 20.3 Å². The molecule has 0 aromatic heterocycles. The Labute approximate surface area is 108 Å². The van der Waals surface area contributed by atoms with Crippen molar-refractivity contribution in [1.82, 2.24) is 4.90 Å². The highest BCUT2D eigenvalue weighted by Crippen LogP contribution is 2.28. The maximum Gasteiger partial charge on any atom is 0.254 e. The van der Waals surface area contributed by atoms with Crippen molar-refractivity contribution in [1.29, 1.82) is 0 Å². The Balaban J connectivity index is 2.24. The zero-order chi connectivity index (χ0) is 12.4. The van der Waals surface area contributed by atoms with Gasteiger partial charge in [-0.05, 0) is 44.4 Å². The molecule has 0 spiro atoms. The Morgan fingerprint density at radius 3 is 2.88 bits per heavy atom. The van der Waals surface area contributed by atoms with Crippen molar-refractivity contribution < 1.29 is 4.79 Å². The van der Waals surface area contributed by atoms with Crippen LogP contribution in [-0.4, -0.2) is 22.9 Å². The van der Waals surface area contributed by atoms with Crippen LogP contribution in [0.5, 0.6) is 0 Å². The molecule has 0 aliphatic carbocycles. The second kappa shape index (κ2) is 5.13. The average molecular weight is 249 g/mol. The van der Waals surface area contributed by atoms with Crippen molar-refractivity contribution in [2.24, 2.45) is 0 Å². The molecule has 0 N–H and O–H groups in total. The predicted octanol–water partition coefficient (Wildman–Crippen LogP) is 3.38. The summed E-state index contributed by atoms with van der Waals surface area (Å²) in [7, 11) is 0. The molecule has 2 rings (SSSR count). The van der Waals surface area contributed by atoms with E-state index >= 15 is 0 Å². The minimum absolute atomic E-state index is 0.151. The van der Waals surface area contributed by atoms with Gasteiger partial charge in [0.25, 0.3) is 5.91 Å². The minimum atomic E-state index is 0.151. The molecule has 1 aliphatic heterocycles. The lowest BCUT2D eigenvalue weighted by molar-refractivity contribution is 0.0676. The largest absolute Gasteiger partial charge is 0.333 e. The molecule has 0 saturated carbocycles. The molecule has 1 amide bonds. The number of nitrogens with zero attached hydrogens (tertiary/aromatic N) is 1. The summed E-state index contributed by atoms with van der Waals surface area (Å²) in [5.41, 5.74) is 0.754. The molecule has 1 fully saturated rings. The van der Waals surface area contributed by atoms with Crippen LogP contribution in [0.15, 0.2) is 29.2 Å². The van der Waals surface area contributed by atoms with Crippen LogP contribution >= 0.6 is 12.6 Å². The van der Waals surface area contributed by atoms with Crippen LogP contribution in [0.25, 0.3) is 0 Å². The van der Waals surface area contributed by atoms with E-state index in [1.54, 1.807) is 0 Å². The van der Waals surface area contributed by atoms with E-state index in [1.165, 1.54) is 0 Å². The first-order valence-corrected chi connectivity index (χ1v) is 6.70. The fourth-order valence-corrected chi connectivity index (χ4v) is 2.85. The molecule has 1 aromatic rings. The zero-order valence-corrected chi connectivity index (χ0v) is 11.3. The number of carbonyl (C=O) groups is 1. The number of thiol groups is 1. The summed E-state index contributed by atoms with van der Waals surface area (Å²) >= 11 is 4.29. The van der Waals surface area contributed by atoms with Crippen LogP contribution in [0, 0.1) is 0 Å². The normalized spacial score (nSPS) is 24.1. The van der Waals surface area contributed by atoms with E-state index in [0.717, 1.165) is 29.7 Å². The zero-order valence-electron chi connectivity index (χ0n) is 10.4. The van der Waals surface area contributed by atoms with Crippen molar-refractivity contribution in [2.45, 2.75) is 50.1 Å². The molecule has 92 valence electrons. The summed E-state index contributed by atoms with van der Waals surface area (Å²) < 4.78 is 0. The molecule has 1 aromatic carbocycles. The summed E-state index contributed by atoms with van der Waals surface area (Å²) in [6.45, 7) is 4.29. The van der Waals surface area contributed by atoms with Gasteiger partial charge in [0, 0.05) is 22.5 Å². The lowest BCUT2D eigenvalue weighted by atomic mass is 10.1. The van der Waals surface area contributed by atoms with E-state index in [2.05, 4.69) is 26.5 Å². The van der Waals surface area contributed by atoms with Crippen LogP contribution in [0.4, 0.5) is 0 Å². The Morgan fingerprint density at radius 1 is 1.47 bits per heavy atom. The highest BCUT2D eigenvalue weighted by molar-refractivity contribution is 7.80. The Hall–Kier alpha value is -0.960. The standard InChI is InChI=1S/C14H19NOS/c1-3-12-8-7-10(2)15(12)14(16)11-5-4-6-13(17)9-11/h4-6,9-10,12,17H,3,7-8H2,1-2H3. The Kier molecular flexibility index (Phi) is 3.77. The highest BCUT2D eigenvalue weighted by Gasteiger charge is 2.33. The monoisotopic (exact) mass is 249 g/mol. The molecule has 3 heteroatoms. The minimum Gasteiger partial charge on any atom is -0.333 e. The van der Waals surface area contributed by atoms with Gasteiger partial charge in [0.15, 0.2) is 0 Å². The van der Waals surface area contributed by atoms with E-state index < -0.39 is 0 Å². The van der Waals surface area contributed by atoms with Gasteiger partial charge in [0.2, 0.25) is 0 Å². The van der Waals surface area contributed by atoms with Crippen LogP contribution in [0.3, 0.4) is 0 Å². The maximum atomic E-state index is 12.5. The third-order valence-electron chi connectivity index (χ3n) is 3.58. The molecule has 2 atom stereocenters.